The van der Waals surface area contributed by atoms with Crippen LogP contribution in [0.3, 0.4) is 0 Å². The number of unbranched alkanes of at least 4 members (excludes halogenated alkanes) is 1. The molecule has 2 aliphatic rings. The van der Waals surface area contributed by atoms with Gasteiger partial charge in [0, 0.05) is 25.9 Å². The Hall–Kier alpha value is -3.35. The highest BCUT2D eigenvalue weighted by Gasteiger charge is 2.36. The normalized spacial score (nSPS) is 15.6. The topological polar surface area (TPSA) is 95.9 Å². The molecule has 1 saturated carbocycles. The van der Waals surface area contributed by atoms with Crippen molar-refractivity contribution in [1.29, 1.82) is 0 Å². The Morgan fingerprint density at radius 2 is 1.65 bits per heavy atom. The Bertz CT molecular complexity index is 1000. The van der Waals surface area contributed by atoms with Crippen LogP contribution in [-0.2, 0) is 14.3 Å². The summed E-state index contributed by atoms with van der Waals surface area (Å²) in [6, 6.07) is 15.7. The van der Waals surface area contributed by atoms with E-state index in [2.05, 4.69) is 29.6 Å². The van der Waals surface area contributed by atoms with Crippen molar-refractivity contribution in [2.45, 2.75) is 50.5 Å². The van der Waals surface area contributed by atoms with Crippen LogP contribution in [0.25, 0.3) is 11.1 Å². The lowest BCUT2D eigenvalue weighted by Gasteiger charge is -2.35. The molecule has 1 atom stereocenters. The average molecular weight is 465 g/mol. The van der Waals surface area contributed by atoms with Crippen molar-refractivity contribution in [3.8, 4) is 11.1 Å². The van der Waals surface area contributed by atoms with Crippen LogP contribution in [0, 0.1) is 5.92 Å². The second kappa shape index (κ2) is 10.7. The van der Waals surface area contributed by atoms with E-state index in [1.165, 1.54) is 11.1 Å². The van der Waals surface area contributed by atoms with Gasteiger partial charge in [-0.1, -0.05) is 55.0 Å². The Morgan fingerprint density at radius 3 is 2.21 bits per heavy atom. The van der Waals surface area contributed by atoms with Crippen molar-refractivity contribution in [1.82, 2.24) is 10.2 Å². The van der Waals surface area contributed by atoms with Gasteiger partial charge in [-0.25, -0.2) is 4.79 Å². The molecule has 0 spiro atoms. The number of carboxylic acids is 1. The molecule has 180 valence electrons. The van der Waals surface area contributed by atoms with E-state index in [0.29, 0.717) is 19.4 Å². The molecule has 0 bridgehead atoms. The van der Waals surface area contributed by atoms with Crippen molar-refractivity contribution in [2.24, 2.45) is 5.92 Å². The molecule has 0 heterocycles. The van der Waals surface area contributed by atoms with Gasteiger partial charge in [0.2, 0.25) is 5.91 Å². The fourth-order valence-corrected chi connectivity index (χ4v) is 4.89. The number of carbonyl (C=O) groups is 3. The lowest BCUT2D eigenvalue weighted by atomic mass is 9.79. The molecule has 4 rings (SSSR count). The number of ether oxygens (including phenoxy) is 1. The Balaban J connectivity index is 1.36. The summed E-state index contributed by atoms with van der Waals surface area (Å²) in [6.45, 7) is 0.665. The average Bonchev–Trinajstić information content (AvgIpc) is 3.12. The third-order valence-corrected chi connectivity index (χ3v) is 7.01. The number of rotatable bonds is 10. The van der Waals surface area contributed by atoms with E-state index < -0.39 is 18.1 Å². The fourth-order valence-electron chi connectivity index (χ4n) is 4.89. The van der Waals surface area contributed by atoms with Crippen LogP contribution in [0.1, 0.15) is 55.6 Å². The molecule has 0 aliphatic heterocycles. The first-order valence-electron chi connectivity index (χ1n) is 12.0. The zero-order chi connectivity index (χ0) is 24.1. The maximum atomic E-state index is 13.1. The number of fused-ring (bicyclic) bond motifs is 3. The summed E-state index contributed by atoms with van der Waals surface area (Å²) >= 11 is 0. The van der Waals surface area contributed by atoms with Crippen molar-refractivity contribution >= 4 is 18.0 Å². The van der Waals surface area contributed by atoms with E-state index in [1.807, 2.05) is 24.3 Å². The Kier molecular flexibility index (Phi) is 7.50. The molecule has 7 heteroatoms. The highest BCUT2D eigenvalue weighted by atomic mass is 16.5. The summed E-state index contributed by atoms with van der Waals surface area (Å²) in [6.07, 6.45) is 3.47. The van der Waals surface area contributed by atoms with E-state index >= 15 is 0 Å². The molecule has 1 fully saturated rings. The van der Waals surface area contributed by atoms with Crippen LogP contribution in [0.4, 0.5) is 4.79 Å². The fraction of sp³-hybridized carbons (Fsp3) is 0.444. The van der Waals surface area contributed by atoms with E-state index in [4.69, 9.17) is 9.84 Å². The van der Waals surface area contributed by atoms with Gasteiger partial charge in [-0.3, -0.25) is 9.59 Å². The number of benzene rings is 2. The molecular weight excluding hydrogens is 432 g/mol. The minimum Gasteiger partial charge on any atom is -0.481 e. The number of hydrogen-bond acceptors (Lipinski definition) is 4. The van der Waals surface area contributed by atoms with Crippen molar-refractivity contribution in [3.05, 3.63) is 59.7 Å². The molecule has 2 amide bonds. The lowest BCUT2D eigenvalue weighted by molar-refractivity contribution is -0.137. The van der Waals surface area contributed by atoms with Crippen LogP contribution < -0.4 is 5.32 Å². The summed E-state index contributed by atoms with van der Waals surface area (Å²) in [5.41, 5.74) is 4.62. The molecule has 2 aromatic rings. The molecule has 2 aliphatic carbocycles. The molecule has 2 aromatic carbocycles. The first-order valence-corrected chi connectivity index (χ1v) is 12.0. The number of amides is 2. The summed E-state index contributed by atoms with van der Waals surface area (Å²) in [7, 11) is 1.70. The van der Waals surface area contributed by atoms with Crippen LogP contribution in [0.5, 0.6) is 0 Å². The molecule has 7 nitrogen and oxygen atoms in total. The van der Waals surface area contributed by atoms with Gasteiger partial charge in [-0.2, -0.15) is 0 Å². The molecule has 0 aromatic heterocycles. The number of hydrogen-bond donors (Lipinski definition) is 2. The van der Waals surface area contributed by atoms with Crippen LogP contribution in [-0.4, -0.2) is 54.2 Å². The zero-order valence-electron chi connectivity index (χ0n) is 19.5. The van der Waals surface area contributed by atoms with E-state index in [1.54, 1.807) is 11.9 Å². The second-order valence-electron chi connectivity index (χ2n) is 9.25. The number of nitrogens with one attached hydrogen (secondary N) is 1. The predicted octanol–water partition coefficient (Wildman–Crippen LogP) is 4.41. The van der Waals surface area contributed by atoms with Gasteiger partial charge in [0.25, 0.3) is 0 Å². The molecule has 2 N–H and O–H groups in total. The van der Waals surface area contributed by atoms with Crippen LogP contribution >= 0.6 is 0 Å². The van der Waals surface area contributed by atoms with Gasteiger partial charge in [0.15, 0.2) is 0 Å². The SMILES string of the molecule is CN(CCCCC(=O)O)C(=O)C(NC(=O)OCC1c2ccccc2-c2ccccc21)C1CCC1. The Morgan fingerprint density at radius 1 is 1.03 bits per heavy atom. The lowest BCUT2D eigenvalue weighted by Crippen LogP contribution is -2.53. The van der Waals surface area contributed by atoms with Crippen molar-refractivity contribution in [3.63, 3.8) is 0 Å². The molecule has 0 saturated heterocycles. The summed E-state index contributed by atoms with van der Waals surface area (Å²) in [5, 5.41) is 11.6. The monoisotopic (exact) mass is 464 g/mol. The van der Waals surface area contributed by atoms with Gasteiger partial charge in [0.05, 0.1) is 0 Å². The van der Waals surface area contributed by atoms with Crippen molar-refractivity contribution in [2.75, 3.05) is 20.2 Å². The first-order chi connectivity index (χ1) is 16.5. The van der Waals surface area contributed by atoms with Crippen molar-refractivity contribution < 1.29 is 24.2 Å². The summed E-state index contributed by atoms with van der Waals surface area (Å²) in [5.74, 6) is -0.908. The van der Waals surface area contributed by atoms with E-state index in [0.717, 1.165) is 30.4 Å². The predicted molar refractivity (Wildman–Crippen MR) is 128 cm³/mol. The Labute approximate surface area is 200 Å². The highest BCUT2D eigenvalue weighted by molar-refractivity contribution is 5.86. The van der Waals surface area contributed by atoms with Gasteiger partial charge in [0.1, 0.15) is 12.6 Å². The maximum Gasteiger partial charge on any atom is 0.407 e. The summed E-state index contributed by atoms with van der Waals surface area (Å²) < 4.78 is 5.66. The first kappa shape index (κ1) is 23.8. The van der Waals surface area contributed by atoms with Gasteiger partial charge >= 0.3 is 12.1 Å². The molecule has 0 radical (unpaired) electrons. The van der Waals surface area contributed by atoms with Gasteiger partial charge < -0.3 is 20.1 Å². The molecular formula is C27H32N2O5. The smallest absolute Gasteiger partial charge is 0.407 e. The number of carbonyl (C=O) groups excluding carboxylic acids is 2. The highest BCUT2D eigenvalue weighted by Crippen LogP contribution is 2.44. The number of carboxylic acid groups (broad SMARTS) is 1. The van der Waals surface area contributed by atoms with Gasteiger partial charge in [-0.05, 0) is 53.9 Å². The summed E-state index contributed by atoms with van der Waals surface area (Å²) in [4.78, 5) is 38.1. The third kappa shape index (κ3) is 5.24. The number of aliphatic carboxylic acids is 1. The number of alkyl carbamates (subject to hydrolysis) is 1. The number of nitrogens with zero attached hydrogens (tertiary/aromatic N) is 1. The zero-order valence-corrected chi connectivity index (χ0v) is 19.5. The van der Waals surface area contributed by atoms with Crippen LogP contribution in [0.15, 0.2) is 48.5 Å². The molecule has 1 unspecified atom stereocenters. The largest absolute Gasteiger partial charge is 0.481 e. The second-order valence-corrected chi connectivity index (χ2v) is 9.25. The number of likely N-dealkylation sites (N-methyl/N-ethyl adjacent to an activating group) is 1. The van der Waals surface area contributed by atoms with E-state index in [9.17, 15) is 14.4 Å². The quantitative estimate of drug-likeness (QED) is 0.508. The molecule has 34 heavy (non-hydrogen) atoms. The van der Waals surface area contributed by atoms with Gasteiger partial charge in [-0.15, -0.1) is 0 Å². The van der Waals surface area contributed by atoms with E-state index in [-0.39, 0.29) is 30.8 Å². The minimum atomic E-state index is -0.835. The third-order valence-electron chi connectivity index (χ3n) is 7.01. The maximum absolute atomic E-state index is 13.1. The standard InChI is InChI=1S/C27H32N2O5/c1-29(16-7-6-15-24(30)31)26(32)25(18-9-8-10-18)28-27(33)34-17-23-21-13-4-2-11-19(21)20-12-3-5-14-22(20)23/h2-5,11-14,18,23,25H,6-10,15-17H2,1H3,(H,28,33)(H,30,31). The minimum absolute atomic E-state index is 0.0343. The van der Waals surface area contributed by atoms with Crippen LogP contribution in [0.2, 0.25) is 0 Å².